The van der Waals surface area contributed by atoms with E-state index in [2.05, 4.69) is 4.98 Å². The molecule has 1 aromatic carbocycles. The van der Waals surface area contributed by atoms with Crippen molar-refractivity contribution in [3.63, 3.8) is 0 Å². The third-order valence-corrected chi connectivity index (χ3v) is 2.08. The Morgan fingerprint density at radius 2 is 2.17 bits per heavy atom. The summed E-state index contributed by atoms with van der Waals surface area (Å²) in [7, 11) is 0. The highest BCUT2D eigenvalue weighted by Crippen LogP contribution is 2.22. The molecule has 62 valence electrons. The van der Waals surface area contributed by atoms with Gasteiger partial charge in [0.2, 0.25) is 0 Å². The highest BCUT2D eigenvalue weighted by atomic mass is 16.3. The molecule has 12 heavy (non-hydrogen) atoms. The van der Waals surface area contributed by atoms with Crippen molar-refractivity contribution in [3.05, 3.63) is 36.0 Å². The Hall–Kier alpha value is -1.28. The van der Waals surface area contributed by atoms with Crippen LogP contribution >= 0.6 is 0 Å². The van der Waals surface area contributed by atoms with E-state index in [9.17, 15) is 5.11 Å². The van der Waals surface area contributed by atoms with E-state index < -0.39 is 6.10 Å². The first-order chi connectivity index (χ1) is 5.79. The van der Waals surface area contributed by atoms with E-state index in [1.165, 1.54) is 0 Å². The molecule has 0 aliphatic carbocycles. The second kappa shape index (κ2) is 2.64. The number of rotatable bonds is 1. The molecule has 0 saturated carbocycles. The number of hydrogen-bond acceptors (Lipinski definition) is 1. The highest BCUT2D eigenvalue weighted by Gasteiger charge is 2.05. The first kappa shape index (κ1) is 7.37. The molecule has 0 unspecified atom stereocenters. The molecule has 1 aromatic heterocycles. The third kappa shape index (κ3) is 1.01. The summed E-state index contributed by atoms with van der Waals surface area (Å²) in [4.78, 5) is 3.10. The molecule has 0 spiro atoms. The Kier molecular flexibility index (Phi) is 1.62. The summed E-state index contributed by atoms with van der Waals surface area (Å²) in [5, 5.41) is 10.5. The molecule has 2 N–H and O–H groups in total. The number of H-pyrrole nitrogens is 1. The molecule has 0 bridgehead atoms. The van der Waals surface area contributed by atoms with Gasteiger partial charge in [0.25, 0.3) is 0 Å². The van der Waals surface area contributed by atoms with Gasteiger partial charge in [-0.1, -0.05) is 12.1 Å². The van der Waals surface area contributed by atoms with E-state index >= 15 is 0 Å². The van der Waals surface area contributed by atoms with Gasteiger partial charge in [-0.2, -0.15) is 0 Å². The van der Waals surface area contributed by atoms with Crippen molar-refractivity contribution in [2.24, 2.45) is 0 Å². The smallest absolute Gasteiger partial charge is 0.0768 e. The van der Waals surface area contributed by atoms with Crippen LogP contribution in [-0.4, -0.2) is 10.1 Å². The van der Waals surface area contributed by atoms with Crippen molar-refractivity contribution in [1.29, 1.82) is 0 Å². The lowest BCUT2D eigenvalue weighted by Gasteiger charge is -2.04. The number of benzene rings is 1. The van der Waals surface area contributed by atoms with Gasteiger partial charge in [-0.05, 0) is 24.6 Å². The summed E-state index contributed by atoms with van der Waals surface area (Å²) < 4.78 is 0. The molecule has 0 aliphatic rings. The van der Waals surface area contributed by atoms with Gasteiger partial charge in [0, 0.05) is 17.1 Å². The summed E-state index contributed by atoms with van der Waals surface area (Å²) in [6.45, 7) is 1.78. The van der Waals surface area contributed by atoms with Gasteiger partial charge in [0.15, 0.2) is 0 Å². The van der Waals surface area contributed by atoms with Gasteiger partial charge in [-0.15, -0.1) is 0 Å². The van der Waals surface area contributed by atoms with Crippen LogP contribution in [0.2, 0.25) is 0 Å². The van der Waals surface area contributed by atoms with Gasteiger partial charge in [0.1, 0.15) is 0 Å². The standard InChI is InChI=1S/C10H11NO/c1-7(12)8-3-2-4-10-9(8)5-6-11-10/h2-7,11-12H,1H3/t7-/m1/s1. The quantitative estimate of drug-likeness (QED) is 0.661. The zero-order valence-corrected chi connectivity index (χ0v) is 6.91. The van der Waals surface area contributed by atoms with Crippen LogP contribution in [0.25, 0.3) is 10.9 Å². The number of nitrogens with one attached hydrogen (secondary N) is 1. The normalized spacial score (nSPS) is 13.5. The molecule has 2 heteroatoms. The fraction of sp³-hybridized carbons (Fsp3) is 0.200. The fourth-order valence-electron chi connectivity index (χ4n) is 1.47. The van der Waals surface area contributed by atoms with Gasteiger partial charge >= 0.3 is 0 Å². The average Bonchev–Trinajstić information content (AvgIpc) is 2.49. The summed E-state index contributed by atoms with van der Waals surface area (Å²) in [5.74, 6) is 0. The van der Waals surface area contributed by atoms with Gasteiger partial charge in [0.05, 0.1) is 6.10 Å². The Labute approximate surface area is 70.8 Å². The Bertz CT molecular complexity index is 389. The van der Waals surface area contributed by atoms with Crippen LogP contribution in [0.4, 0.5) is 0 Å². The molecule has 2 nitrogen and oxygen atoms in total. The molecule has 2 aromatic rings. The molecule has 0 amide bonds. The maximum Gasteiger partial charge on any atom is 0.0768 e. The average molecular weight is 161 g/mol. The molecule has 0 aliphatic heterocycles. The first-order valence-corrected chi connectivity index (χ1v) is 4.03. The summed E-state index contributed by atoms with van der Waals surface area (Å²) in [6.07, 6.45) is 1.49. The van der Waals surface area contributed by atoms with Gasteiger partial charge in [-0.25, -0.2) is 0 Å². The molecule has 0 radical (unpaired) electrons. The Morgan fingerprint density at radius 3 is 2.92 bits per heavy atom. The number of aliphatic hydroxyl groups excluding tert-OH is 1. The van der Waals surface area contributed by atoms with E-state index in [0.717, 1.165) is 16.5 Å². The molecular weight excluding hydrogens is 150 g/mol. The van der Waals surface area contributed by atoms with Crippen LogP contribution in [0.5, 0.6) is 0 Å². The molecule has 1 heterocycles. The lowest BCUT2D eigenvalue weighted by Crippen LogP contribution is -1.90. The topological polar surface area (TPSA) is 36.0 Å². The van der Waals surface area contributed by atoms with Crippen molar-refractivity contribution in [1.82, 2.24) is 4.98 Å². The van der Waals surface area contributed by atoms with Crippen LogP contribution < -0.4 is 0 Å². The van der Waals surface area contributed by atoms with Crippen molar-refractivity contribution in [2.45, 2.75) is 13.0 Å². The summed E-state index contributed by atoms with van der Waals surface area (Å²) in [5.41, 5.74) is 2.06. The molecule has 2 rings (SSSR count). The fourth-order valence-corrected chi connectivity index (χ4v) is 1.47. The number of hydrogen-bond donors (Lipinski definition) is 2. The predicted octanol–water partition coefficient (Wildman–Crippen LogP) is 2.22. The van der Waals surface area contributed by atoms with E-state index in [0.29, 0.717) is 0 Å². The predicted molar refractivity (Wildman–Crippen MR) is 48.9 cm³/mol. The minimum Gasteiger partial charge on any atom is -0.389 e. The van der Waals surface area contributed by atoms with E-state index in [4.69, 9.17) is 0 Å². The van der Waals surface area contributed by atoms with Crippen molar-refractivity contribution in [2.75, 3.05) is 0 Å². The first-order valence-electron chi connectivity index (χ1n) is 4.03. The van der Waals surface area contributed by atoms with E-state index in [-0.39, 0.29) is 0 Å². The second-order valence-electron chi connectivity index (χ2n) is 2.96. The highest BCUT2D eigenvalue weighted by molar-refractivity contribution is 5.83. The van der Waals surface area contributed by atoms with Gasteiger partial charge in [-0.3, -0.25) is 0 Å². The zero-order chi connectivity index (χ0) is 8.55. The molecular formula is C10H11NO. The van der Waals surface area contributed by atoms with Crippen LogP contribution in [0, 0.1) is 0 Å². The van der Waals surface area contributed by atoms with Crippen LogP contribution in [0.1, 0.15) is 18.6 Å². The maximum absolute atomic E-state index is 9.43. The lowest BCUT2D eigenvalue weighted by molar-refractivity contribution is 0.201. The van der Waals surface area contributed by atoms with Gasteiger partial charge < -0.3 is 10.1 Å². The summed E-state index contributed by atoms with van der Waals surface area (Å²) in [6, 6.07) is 7.88. The third-order valence-electron chi connectivity index (χ3n) is 2.08. The van der Waals surface area contributed by atoms with E-state index in [1.807, 2.05) is 30.5 Å². The van der Waals surface area contributed by atoms with Crippen molar-refractivity contribution < 1.29 is 5.11 Å². The number of fused-ring (bicyclic) bond motifs is 1. The van der Waals surface area contributed by atoms with Crippen molar-refractivity contribution in [3.8, 4) is 0 Å². The zero-order valence-electron chi connectivity index (χ0n) is 6.91. The second-order valence-corrected chi connectivity index (χ2v) is 2.96. The van der Waals surface area contributed by atoms with E-state index in [1.54, 1.807) is 6.92 Å². The van der Waals surface area contributed by atoms with Crippen LogP contribution in [0.3, 0.4) is 0 Å². The lowest BCUT2D eigenvalue weighted by atomic mass is 10.1. The molecule has 0 saturated heterocycles. The number of aliphatic hydroxyl groups is 1. The minimum absolute atomic E-state index is 0.399. The van der Waals surface area contributed by atoms with Crippen molar-refractivity contribution >= 4 is 10.9 Å². The minimum atomic E-state index is -0.399. The Balaban J connectivity index is 2.73. The molecule has 0 fully saturated rings. The van der Waals surface area contributed by atoms with Crippen LogP contribution in [-0.2, 0) is 0 Å². The largest absolute Gasteiger partial charge is 0.389 e. The SMILES string of the molecule is C[C@@H](O)c1cccc2[nH]ccc12. The van der Waals surface area contributed by atoms with Crippen LogP contribution in [0.15, 0.2) is 30.5 Å². The molecule has 1 atom stereocenters. The Morgan fingerprint density at radius 1 is 1.33 bits per heavy atom. The maximum atomic E-state index is 9.43. The summed E-state index contributed by atoms with van der Waals surface area (Å²) >= 11 is 0. The number of aromatic amines is 1. The monoisotopic (exact) mass is 161 g/mol. The number of aromatic nitrogens is 1.